The molecule has 5 aliphatic heterocycles. The Bertz CT molecular complexity index is 1960. The van der Waals surface area contributed by atoms with E-state index in [1.54, 1.807) is 39.8 Å². The highest BCUT2D eigenvalue weighted by Crippen LogP contribution is 2.55. The van der Waals surface area contributed by atoms with E-state index in [0.29, 0.717) is 51.4 Å². The summed E-state index contributed by atoms with van der Waals surface area (Å²) < 4.78 is 77.5. The van der Waals surface area contributed by atoms with Crippen molar-refractivity contribution in [3.63, 3.8) is 0 Å². The van der Waals surface area contributed by atoms with Crippen LogP contribution < -0.4 is 0 Å². The first-order valence-corrected chi connectivity index (χ1v) is 27.4. The minimum atomic E-state index is -5.08. The SMILES string of the molecule is CCC(C(=O)[C@H](C)[C@H](OC(=O)COP(=O)(O)O)[C@@H](C)[C@H]1OC([C@H](CC)C(=O)O)CC[C@H]1C)[C@H]1O[C@@]2(C=C[C@@H](OC(=O)COP(=O)(O)O)[C@@]3(CC[C@@](C)([C@H]4CC[C@](O)(CC)[C@H](C)O4)O3)O2)[C@H](C)C[C@@H]1C. The molecule has 0 amide bonds. The first-order chi connectivity index (χ1) is 32.0. The van der Waals surface area contributed by atoms with Crippen LogP contribution in [0.1, 0.15) is 133 Å². The molecule has 4 saturated heterocycles. The minimum absolute atomic E-state index is 0.132. The molecular formula is C46H76O21P2. The monoisotopic (exact) mass is 1030 g/mol. The zero-order valence-electron chi connectivity index (χ0n) is 41.4. The lowest BCUT2D eigenvalue weighted by molar-refractivity contribution is -0.409. The number of ketones is 1. The lowest BCUT2D eigenvalue weighted by atomic mass is 9.72. The van der Waals surface area contributed by atoms with Crippen LogP contribution in [0.15, 0.2) is 12.2 Å². The molecule has 2 unspecified atom stereocenters. The number of aliphatic hydroxyl groups is 1. The van der Waals surface area contributed by atoms with Crippen molar-refractivity contribution in [3.8, 4) is 0 Å². The fourth-order valence-electron chi connectivity index (χ4n) is 11.4. The molecule has 21 nitrogen and oxygen atoms in total. The topological polar surface area (TPSA) is 307 Å². The predicted molar refractivity (Wildman–Crippen MR) is 242 cm³/mol. The van der Waals surface area contributed by atoms with Crippen LogP contribution in [-0.4, -0.2) is 132 Å². The number of hydrogen-bond acceptors (Lipinski definition) is 16. The molecule has 23 heteroatoms. The Morgan fingerprint density at radius 3 is 1.99 bits per heavy atom. The molecule has 18 atom stereocenters. The average molecular weight is 1030 g/mol. The van der Waals surface area contributed by atoms with E-state index < -0.39 is 142 Å². The third-order valence-electron chi connectivity index (χ3n) is 15.6. The van der Waals surface area contributed by atoms with Crippen molar-refractivity contribution in [2.24, 2.45) is 41.4 Å². The van der Waals surface area contributed by atoms with Crippen LogP contribution in [0.25, 0.3) is 0 Å². The van der Waals surface area contributed by atoms with Crippen molar-refractivity contribution >= 4 is 39.3 Å². The Kier molecular flexibility index (Phi) is 18.8. The van der Waals surface area contributed by atoms with Crippen molar-refractivity contribution in [1.29, 1.82) is 0 Å². The maximum atomic E-state index is 15.1. The van der Waals surface area contributed by atoms with E-state index in [0.717, 1.165) is 0 Å². The number of carboxylic acid groups (broad SMARTS) is 1. The number of ether oxygens (including phenoxy) is 7. The highest BCUT2D eigenvalue weighted by molar-refractivity contribution is 7.46. The van der Waals surface area contributed by atoms with Crippen molar-refractivity contribution in [2.45, 2.75) is 199 Å². The van der Waals surface area contributed by atoms with E-state index in [-0.39, 0.29) is 30.5 Å². The average Bonchev–Trinajstić information content (AvgIpc) is 3.61. The summed E-state index contributed by atoms with van der Waals surface area (Å²) in [6, 6.07) is 0. The lowest BCUT2D eigenvalue weighted by Gasteiger charge is -2.54. The maximum absolute atomic E-state index is 15.1. The Labute approximate surface area is 404 Å². The third kappa shape index (κ3) is 13.3. The second-order valence-electron chi connectivity index (χ2n) is 20.4. The molecule has 396 valence electrons. The Morgan fingerprint density at radius 2 is 1.42 bits per heavy atom. The van der Waals surface area contributed by atoms with E-state index in [9.17, 15) is 53.3 Å². The summed E-state index contributed by atoms with van der Waals surface area (Å²) in [5, 5.41) is 21.2. The highest BCUT2D eigenvalue weighted by Gasteiger charge is 2.64. The molecule has 4 fully saturated rings. The summed E-state index contributed by atoms with van der Waals surface area (Å²) in [7, 11) is -10.1. The van der Waals surface area contributed by atoms with Crippen molar-refractivity contribution in [3.05, 3.63) is 12.2 Å². The number of Topliss-reactive ketones (excluding diaryl/α,β-unsaturated/α-hetero) is 1. The van der Waals surface area contributed by atoms with Crippen LogP contribution in [-0.2, 0) is 70.5 Å². The van der Waals surface area contributed by atoms with Crippen molar-refractivity contribution in [1.82, 2.24) is 0 Å². The predicted octanol–water partition coefficient (Wildman–Crippen LogP) is 5.51. The van der Waals surface area contributed by atoms with Gasteiger partial charge in [0.25, 0.3) is 0 Å². The number of carbonyl (C=O) groups is 4. The molecule has 6 N–H and O–H groups in total. The van der Waals surface area contributed by atoms with Crippen LogP contribution in [0.3, 0.4) is 0 Å². The number of phosphoric acid groups is 2. The largest absolute Gasteiger partial charge is 0.481 e. The smallest absolute Gasteiger partial charge is 0.470 e. The first kappa shape index (κ1) is 57.7. The van der Waals surface area contributed by atoms with E-state index >= 15 is 4.79 Å². The summed E-state index contributed by atoms with van der Waals surface area (Å²) in [4.78, 5) is 90.9. The quantitative estimate of drug-likeness (QED) is 0.0498. The van der Waals surface area contributed by atoms with Gasteiger partial charge in [0.1, 0.15) is 11.9 Å². The molecule has 0 radical (unpaired) electrons. The van der Waals surface area contributed by atoms with Gasteiger partial charge in [0.05, 0.1) is 53.6 Å². The third-order valence-corrected chi connectivity index (χ3v) is 16.5. The van der Waals surface area contributed by atoms with Crippen LogP contribution in [0.2, 0.25) is 0 Å². The summed E-state index contributed by atoms with van der Waals surface area (Å²) in [6.07, 6.45) is 1.32. The lowest BCUT2D eigenvalue weighted by Crippen LogP contribution is -2.63. The van der Waals surface area contributed by atoms with Gasteiger partial charge in [-0.3, -0.25) is 18.6 Å². The summed E-state index contributed by atoms with van der Waals surface area (Å²) in [5.41, 5.74) is -2.09. The maximum Gasteiger partial charge on any atom is 0.470 e. The Hall–Kier alpha value is -2.20. The molecule has 5 rings (SSSR count). The number of esters is 2. The molecule has 0 aromatic carbocycles. The second-order valence-corrected chi connectivity index (χ2v) is 22.9. The summed E-state index contributed by atoms with van der Waals surface area (Å²) >= 11 is 0. The highest BCUT2D eigenvalue weighted by atomic mass is 31.2. The fourth-order valence-corrected chi connectivity index (χ4v) is 12.0. The zero-order chi connectivity index (χ0) is 51.7. The number of rotatable bonds is 20. The molecular weight excluding hydrogens is 950 g/mol. The Balaban J connectivity index is 1.47. The molecule has 5 aliphatic rings. The summed E-state index contributed by atoms with van der Waals surface area (Å²) in [6.45, 7) is 16.0. The van der Waals surface area contributed by atoms with E-state index in [1.165, 1.54) is 0 Å². The van der Waals surface area contributed by atoms with Gasteiger partial charge in [0, 0.05) is 24.2 Å². The first-order valence-electron chi connectivity index (χ1n) is 24.3. The van der Waals surface area contributed by atoms with Crippen LogP contribution >= 0.6 is 15.6 Å². The van der Waals surface area contributed by atoms with Gasteiger partial charge in [-0.15, -0.1) is 0 Å². The van der Waals surface area contributed by atoms with Gasteiger partial charge in [0.15, 0.2) is 25.1 Å². The van der Waals surface area contributed by atoms with Crippen LogP contribution in [0, 0.1) is 41.4 Å². The molecule has 0 aromatic rings. The Morgan fingerprint density at radius 1 is 0.797 bits per heavy atom. The minimum Gasteiger partial charge on any atom is -0.481 e. The van der Waals surface area contributed by atoms with Gasteiger partial charge in [-0.1, -0.05) is 55.4 Å². The van der Waals surface area contributed by atoms with Gasteiger partial charge in [-0.05, 0) is 95.6 Å². The molecule has 0 bridgehead atoms. The van der Waals surface area contributed by atoms with Crippen molar-refractivity contribution < 1.29 is 100 Å². The number of phosphoric ester groups is 2. The molecule has 2 spiro atoms. The van der Waals surface area contributed by atoms with E-state index in [2.05, 4.69) is 9.05 Å². The number of aliphatic carboxylic acids is 1. The normalized spacial score (nSPS) is 38.5. The van der Waals surface area contributed by atoms with E-state index in [1.807, 2.05) is 41.5 Å². The van der Waals surface area contributed by atoms with Gasteiger partial charge < -0.3 is 62.9 Å². The van der Waals surface area contributed by atoms with Gasteiger partial charge >= 0.3 is 33.6 Å². The number of hydrogen-bond donors (Lipinski definition) is 6. The molecule has 0 aromatic heterocycles. The van der Waals surface area contributed by atoms with Gasteiger partial charge in [-0.2, -0.15) is 0 Å². The number of carbonyl (C=O) groups excluding carboxylic acids is 3. The number of carboxylic acids is 1. The standard InChI is InChI=1S/C46H76O21P2/c1-11-31(42(50)51)33-15-14-25(4)39(62-33)29(8)41(64-37(48)24-60-69(56,57)58)28(7)38(49)32(12-2)40-26(5)22-27(6)45(65-40)19-17-35(63-36(47)23-59-68(53,54)55)46(67-45)21-20-43(10,66-46)34-16-18-44(52,13-3)30(9)61-34/h17,19,25-35,39-41,52H,11-16,18,20-24H2,1-10H3,(H,50,51)(H2,53,54,55)(H2,56,57,58)/t25-,26+,27-,28+,29+,30+,31+,32?,33?,34-,35-,39+,40+,41+,43+,44-,45-,46-/m1/s1. The molecule has 5 heterocycles. The van der Waals surface area contributed by atoms with Crippen LogP contribution in [0.4, 0.5) is 0 Å². The molecule has 69 heavy (non-hydrogen) atoms. The second kappa shape index (κ2) is 22.5. The zero-order valence-corrected chi connectivity index (χ0v) is 43.2. The van der Waals surface area contributed by atoms with Gasteiger partial charge in [0.2, 0.25) is 5.79 Å². The van der Waals surface area contributed by atoms with E-state index in [4.69, 9.17) is 33.2 Å². The van der Waals surface area contributed by atoms with Gasteiger partial charge in [-0.25, -0.2) is 18.7 Å². The fraction of sp³-hybridized carbons (Fsp3) is 0.870. The van der Waals surface area contributed by atoms with Crippen molar-refractivity contribution in [2.75, 3.05) is 13.2 Å². The summed E-state index contributed by atoms with van der Waals surface area (Å²) in [5.74, 6) is -11.2. The molecule has 0 aliphatic carbocycles. The molecule has 0 saturated carbocycles. The van der Waals surface area contributed by atoms with Crippen LogP contribution in [0.5, 0.6) is 0 Å².